The van der Waals surface area contributed by atoms with Crippen molar-refractivity contribution in [3.8, 4) is 6.07 Å². The van der Waals surface area contributed by atoms with E-state index in [2.05, 4.69) is 0 Å². The second-order valence-electron chi connectivity index (χ2n) is 1.55. The van der Waals surface area contributed by atoms with Crippen molar-refractivity contribution >= 4 is 5.78 Å². The number of ketones is 1. The topological polar surface area (TPSA) is 40.9 Å². The molecule has 0 radical (unpaired) electrons. The summed E-state index contributed by atoms with van der Waals surface area (Å²) in [5.74, 6) is 0.173. The number of nitrogens with zero attached hydrogens (tertiary/aromatic N) is 1. The van der Waals surface area contributed by atoms with Gasteiger partial charge >= 0.3 is 0 Å². The van der Waals surface area contributed by atoms with Gasteiger partial charge in [-0.05, 0) is 0 Å². The molecule has 0 aromatic rings. The molecule has 0 aromatic heterocycles. The zero-order valence-corrected chi connectivity index (χ0v) is 4.98. The lowest BCUT2D eigenvalue weighted by molar-refractivity contribution is -0.118. The van der Waals surface area contributed by atoms with E-state index in [4.69, 9.17) is 5.26 Å². The first kappa shape index (κ1) is 7.16. The molecule has 0 fully saturated rings. The predicted octanol–water partition coefficient (Wildman–Crippen LogP) is 1.27. The smallest absolute Gasteiger partial charge is 0.133 e. The zero-order chi connectivity index (χ0) is 6.41. The summed E-state index contributed by atoms with van der Waals surface area (Å²) in [5, 5.41) is 8.01. The standard InChI is InChI=1S/C6H9NO/c1-2-6(8)4-3-5-7/h2-4H2,1H3. The van der Waals surface area contributed by atoms with Gasteiger partial charge in [0, 0.05) is 19.3 Å². The van der Waals surface area contributed by atoms with Crippen molar-refractivity contribution in [2.24, 2.45) is 0 Å². The quantitative estimate of drug-likeness (QED) is 0.550. The maximum Gasteiger partial charge on any atom is 0.133 e. The van der Waals surface area contributed by atoms with Crippen LogP contribution in [0.25, 0.3) is 0 Å². The van der Waals surface area contributed by atoms with E-state index in [9.17, 15) is 4.79 Å². The van der Waals surface area contributed by atoms with Crippen LogP contribution in [0.5, 0.6) is 0 Å². The maximum atomic E-state index is 10.4. The van der Waals surface area contributed by atoms with Gasteiger partial charge in [0.15, 0.2) is 0 Å². The molecular formula is C6H9NO. The molecule has 0 saturated heterocycles. The minimum absolute atomic E-state index is 0.173. The first-order valence-corrected chi connectivity index (χ1v) is 2.70. The Kier molecular flexibility index (Phi) is 3.87. The van der Waals surface area contributed by atoms with Crippen LogP contribution in [0.3, 0.4) is 0 Å². The molecule has 0 aliphatic heterocycles. The summed E-state index contributed by atoms with van der Waals surface area (Å²) in [6.45, 7) is 1.81. The monoisotopic (exact) mass is 111 g/mol. The summed E-state index contributed by atoms with van der Waals surface area (Å²) >= 11 is 0. The van der Waals surface area contributed by atoms with Crippen molar-refractivity contribution in [2.75, 3.05) is 0 Å². The van der Waals surface area contributed by atoms with E-state index < -0.39 is 0 Å². The van der Waals surface area contributed by atoms with Crippen LogP contribution in [0.4, 0.5) is 0 Å². The number of carbonyl (C=O) groups is 1. The molecule has 0 aliphatic rings. The minimum atomic E-state index is 0.173. The van der Waals surface area contributed by atoms with Gasteiger partial charge in [0.1, 0.15) is 5.78 Å². The summed E-state index contributed by atoms with van der Waals surface area (Å²) in [6, 6.07) is 1.91. The first-order chi connectivity index (χ1) is 3.81. The van der Waals surface area contributed by atoms with Crippen LogP contribution >= 0.6 is 0 Å². The summed E-state index contributed by atoms with van der Waals surface area (Å²) < 4.78 is 0. The summed E-state index contributed by atoms with van der Waals surface area (Å²) in [7, 11) is 0. The fourth-order valence-electron chi connectivity index (χ4n) is 0.372. The fraction of sp³-hybridized carbons (Fsp3) is 0.667. The largest absolute Gasteiger partial charge is 0.300 e. The lowest BCUT2D eigenvalue weighted by Gasteiger charge is -1.85. The number of Topliss-reactive ketones (excluding diaryl/α,β-unsaturated/α-hetero) is 1. The zero-order valence-electron chi connectivity index (χ0n) is 4.98. The van der Waals surface area contributed by atoms with Gasteiger partial charge in [0.05, 0.1) is 6.07 Å². The molecule has 0 aromatic carbocycles. The highest BCUT2D eigenvalue weighted by Gasteiger charge is 1.93. The van der Waals surface area contributed by atoms with Crippen LogP contribution < -0.4 is 0 Å². The second kappa shape index (κ2) is 4.32. The Morgan fingerprint density at radius 3 is 2.75 bits per heavy atom. The average molecular weight is 111 g/mol. The Bertz CT molecular complexity index is 112. The molecule has 0 saturated carbocycles. The Labute approximate surface area is 49.1 Å². The van der Waals surface area contributed by atoms with Gasteiger partial charge in [-0.3, -0.25) is 4.79 Å². The molecule has 2 heteroatoms. The van der Waals surface area contributed by atoms with E-state index in [1.165, 1.54) is 0 Å². The van der Waals surface area contributed by atoms with Crippen molar-refractivity contribution in [3.63, 3.8) is 0 Å². The van der Waals surface area contributed by atoms with E-state index >= 15 is 0 Å². The lowest BCUT2D eigenvalue weighted by Crippen LogP contribution is -1.92. The van der Waals surface area contributed by atoms with Gasteiger partial charge in [-0.15, -0.1) is 0 Å². The average Bonchev–Trinajstić information content (AvgIpc) is 1.83. The van der Waals surface area contributed by atoms with Gasteiger partial charge in [0.2, 0.25) is 0 Å². The highest BCUT2D eigenvalue weighted by atomic mass is 16.1. The van der Waals surface area contributed by atoms with Crippen LogP contribution in [0, 0.1) is 11.3 Å². The molecule has 0 rings (SSSR count). The number of rotatable bonds is 3. The molecule has 44 valence electrons. The van der Waals surface area contributed by atoms with E-state index in [-0.39, 0.29) is 5.78 Å². The number of carbonyl (C=O) groups excluding carboxylic acids is 1. The van der Waals surface area contributed by atoms with E-state index in [1.807, 2.05) is 6.07 Å². The number of hydrogen-bond acceptors (Lipinski definition) is 2. The van der Waals surface area contributed by atoms with Crippen molar-refractivity contribution in [3.05, 3.63) is 0 Å². The van der Waals surface area contributed by atoms with Gasteiger partial charge < -0.3 is 0 Å². The fourth-order valence-corrected chi connectivity index (χ4v) is 0.372. The Morgan fingerprint density at radius 2 is 2.38 bits per heavy atom. The molecule has 8 heavy (non-hydrogen) atoms. The van der Waals surface area contributed by atoms with Crippen molar-refractivity contribution in [1.82, 2.24) is 0 Å². The highest BCUT2D eigenvalue weighted by Crippen LogP contribution is 1.91. The van der Waals surface area contributed by atoms with E-state index in [0.717, 1.165) is 0 Å². The van der Waals surface area contributed by atoms with Crippen molar-refractivity contribution < 1.29 is 4.79 Å². The normalized spacial score (nSPS) is 8.00. The van der Waals surface area contributed by atoms with Crippen molar-refractivity contribution in [2.45, 2.75) is 26.2 Å². The first-order valence-electron chi connectivity index (χ1n) is 2.70. The van der Waals surface area contributed by atoms with Crippen LogP contribution in [0.1, 0.15) is 26.2 Å². The molecule has 0 heterocycles. The third-order valence-electron chi connectivity index (χ3n) is 0.910. The molecule has 0 bridgehead atoms. The molecule has 0 aliphatic carbocycles. The number of nitriles is 1. The Balaban J connectivity index is 3.15. The third kappa shape index (κ3) is 3.35. The number of hydrogen-bond donors (Lipinski definition) is 0. The molecule has 2 nitrogen and oxygen atoms in total. The van der Waals surface area contributed by atoms with Gasteiger partial charge in [0.25, 0.3) is 0 Å². The molecule has 0 N–H and O–H groups in total. The van der Waals surface area contributed by atoms with Crippen LogP contribution in [-0.4, -0.2) is 5.78 Å². The third-order valence-corrected chi connectivity index (χ3v) is 0.910. The molecule has 0 unspecified atom stereocenters. The predicted molar refractivity (Wildman–Crippen MR) is 30.1 cm³/mol. The molecule has 0 amide bonds. The molecule has 0 spiro atoms. The highest BCUT2D eigenvalue weighted by molar-refractivity contribution is 5.78. The summed E-state index contributed by atoms with van der Waals surface area (Å²) in [5.41, 5.74) is 0. The minimum Gasteiger partial charge on any atom is -0.300 e. The van der Waals surface area contributed by atoms with Crippen LogP contribution in [0.2, 0.25) is 0 Å². The molecular weight excluding hydrogens is 102 g/mol. The van der Waals surface area contributed by atoms with Crippen molar-refractivity contribution in [1.29, 1.82) is 5.26 Å². The second-order valence-corrected chi connectivity index (χ2v) is 1.55. The summed E-state index contributed by atoms with van der Waals surface area (Å²) in [4.78, 5) is 10.4. The Morgan fingerprint density at radius 1 is 1.75 bits per heavy atom. The SMILES string of the molecule is CCC(=O)CCC#N. The van der Waals surface area contributed by atoms with Crippen LogP contribution in [-0.2, 0) is 4.79 Å². The maximum absolute atomic E-state index is 10.4. The summed E-state index contributed by atoms with van der Waals surface area (Å²) in [6.07, 6.45) is 1.35. The van der Waals surface area contributed by atoms with Crippen LogP contribution in [0.15, 0.2) is 0 Å². The van der Waals surface area contributed by atoms with Gasteiger partial charge in [-0.25, -0.2) is 0 Å². The lowest BCUT2D eigenvalue weighted by atomic mass is 10.2. The molecule has 0 atom stereocenters. The van der Waals surface area contributed by atoms with E-state index in [1.54, 1.807) is 6.92 Å². The van der Waals surface area contributed by atoms with Gasteiger partial charge in [-0.2, -0.15) is 5.26 Å². The van der Waals surface area contributed by atoms with E-state index in [0.29, 0.717) is 19.3 Å². The Hall–Kier alpha value is -0.840. The van der Waals surface area contributed by atoms with Gasteiger partial charge in [-0.1, -0.05) is 6.92 Å².